The van der Waals surface area contributed by atoms with E-state index in [4.69, 9.17) is 9.47 Å². The number of aliphatic hydroxyl groups excluding tert-OH is 1. The van der Waals surface area contributed by atoms with E-state index < -0.39 is 6.10 Å². The average molecular weight is 1020 g/mol. The first-order chi connectivity index (χ1) is 36.6. The van der Waals surface area contributed by atoms with E-state index in [2.05, 4.69) is 148 Å². The van der Waals surface area contributed by atoms with Crippen LogP contribution in [0.15, 0.2) is 134 Å². The number of hydrogen-bond acceptors (Lipinski definition) is 5. The lowest BCUT2D eigenvalue weighted by Gasteiger charge is -2.15. The van der Waals surface area contributed by atoms with Crippen LogP contribution in [0.4, 0.5) is 0 Å². The lowest BCUT2D eigenvalue weighted by atomic mass is 10.0. The van der Waals surface area contributed by atoms with E-state index in [0.29, 0.717) is 12.8 Å². The lowest BCUT2D eigenvalue weighted by Crippen LogP contribution is -2.28. The molecule has 0 saturated carbocycles. The molecular weight excluding hydrogens is 909 g/mol. The van der Waals surface area contributed by atoms with Gasteiger partial charge in [0.05, 0.1) is 6.61 Å². The molecule has 0 aliphatic heterocycles. The topological polar surface area (TPSA) is 72.8 Å². The van der Waals surface area contributed by atoms with Crippen molar-refractivity contribution in [1.29, 1.82) is 0 Å². The fraction of sp³-hybridized carbons (Fsp3) is 0.652. The van der Waals surface area contributed by atoms with Crippen LogP contribution < -0.4 is 0 Å². The molecule has 0 amide bonds. The van der Waals surface area contributed by atoms with E-state index in [1.165, 1.54) is 128 Å². The Labute approximate surface area is 457 Å². The van der Waals surface area contributed by atoms with Crippen molar-refractivity contribution in [2.45, 2.75) is 277 Å². The lowest BCUT2D eigenvalue weighted by molar-refractivity contribution is -0.161. The third-order valence-corrected chi connectivity index (χ3v) is 13.0. The molecule has 0 aromatic carbocycles. The van der Waals surface area contributed by atoms with Crippen LogP contribution in [0.1, 0.15) is 271 Å². The van der Waals surface area contributed by atoms with Crippen molar-refractivity contribution in [1.82, 2.24) is 0 Å². The number of ether oxygens (including phenoxy) is 2. The Morgan fingerprint density at radius 2 is 0.581 bits per heavy atom. The zero-order valence-corrected chi connectivity index (χ0v) is 48.1. The molecule has 0 rings (SSSR count). The van der Waals surface area contributed by atoms with E-state index in [9.17, 15) is 14.7 Å². The molecular formula is C69H114O5. The van der Waals surface area contributed by atoms with Gasteiger partial charge in [-0.2, -0.15) is 0 Å². The number of hydrogen-bond donors (Lipinski definition) is 1. The molecule has 1 N–H and O–H groups in total. The van der Waals surface area contributed by atoms with Crippen LogP contribution in [-0.2, 0) is 19.1 Å². The zero-order valence-electron chi connectivity index (χ0n) is 48.1. The van der Waals surface area contributed by atoms with Crippen LogP contribution in [0.25, 0.3) is 0 Å². The predicted molar refractivity (Wildman–Crippen MR) is 324 cm³/mol. The number of aliphatic hydroxyl groups is 1. The second-order valence-electron chi connectivity index (χ2n) is 20.1. The van der Waals surface area contributed by atoms with Crippen LogP contribution >= 0.6 is 0 Å². The summed E-state index contributed by atoms with van der Waals surface area (Å²) in [5, 5.41) is 9.66. The monoisotopic (exact) mass is 1020 g/mol. The van der Waals surface area contributed by atoms with Gasteiger partial charge in [-0.15, -0.1) is 0 Å². The highest BCUT2D eigenvalue weighted by Crippen LogP contribution is 2.16. The third kappa shape index (κ3) is 60.6. The first kappa shape index (κ1) is 70.0. The minimum absolute atomic E-state index is 0.0843. The molecule has 74 heavy (non-hydrogen) atoms. The first-order valence-electron chi connectivity index (χ1n) is 30.7. The highest BCUT2D eigenvalue weighted by molar-refractivity contribution is 5.70. The molecule has 420 valence electrons. The molecule has 0 bridgehead atoms. The second kappa shape index (κ2) is 63.3. The van der Waals surface area contributed by atoms with Gasteiger partial charge in [0.2, 0.25) is 0 Å². The van der Waals surface area contributed by atoms with Crippen molar-refractivity contribution < 1.29 is 24.2 Å². The van der Waals surface area contributed by atoms with Crippen LogP contribution in [0, 0.1) is 0 Å². The second-order valence-corrected chi connectivity index (χ2v) is 20.1. The average Bonchev–Trinajstić information content (AvgIpc) is 3.40. The number of carbonyl (C=O) groups excluding carboxylic acids is 2. The molecule has 5 heteroatoms. The molecule has 0 fully saturated rings. The molecule has 1 unspecified atom stereocenters. The fourth-order valence-electron chi connectivity index (χ4n) is 8.38. The van der Waals surface area contributed by atoms with Gasteiger partial charge in [-0.25, -0.2) is 0 Å². The van der Waals surface area contributed by atoms with Gasteiger partial charge in [0.15, 0.2) is 6.10 Å². The van der Waals surface area contributed by atoms with E-state index in [1.54, 1.807) is 0 Å². The molecule has 0 aliphatic rings. The quantitative estimate of drug-likeness (QED) is 0.0373. The molecule has 0 spiro atoms. The smallest absolute Gasteiger partial charge is 0.306 e. The van der Waals surface area contributed by atoms with Gasteiger partial charge in [0, 0.05) is 12.8 Å². The van der Waals surface area contributed by atoms with Gasteiger partial charge in [-0.3, -0.25) is 9.59 Å². The Kier molecular flexibility index (Phi) is 59.9. The Morgan fingerprint density at radius 3 is 0.878 bits per heavy atom. The van der Waals surface area contributed by atoms with Gasteiger partial charge in [-0.1, -0.05) is 295 Å². The van der Waals surface area contributed by atoms with E-state index in [1.807, 2.05) is 0 Å². The molecule has 0 aromatic heterocycles. The van der Waals surface area contributed by atoms with Crippen molar-refractivity contribution in [3.63, 3.8) is 0 Å². The molecule has 1 atom stereocenters. The summed E-state index contributed by atoms with van der Waals surface area (Å²) in [5.74, 6) is -0.628. The molecule has 0 heterocycles. The standard InChI is InChI=1S/C69H114O5/c1-3-5-7-9-11-13-15-17-19-21-23-25-27-28-29-30-31-32-33-34-35-36-37-38-39-40-42-44-46-48-50-52-54-56-58-60-62-64-69(72)74-67(65-70)66-73-68(71)63-61-59-57-55-53-51-49-47-45-43-41-26-24-22-20-18-16-14-12-10-8-6-4-2/h5,7,11,13,17,19,23,25,28-29,31-32,34-35,37-38,40,42,46,48,52,54,67,70H,3-4,6,8-10,12,14-16,18,20-22,24,26-27,30,33,36,39,41,43-45,47,49-51,53,55-66H2,1-2H3/b7-5-,13-11-,19-17-,25-23-,29-28-,32-31-,35-34-,38-37-,42-40-,48-46-,54-52-. The summed E-state index contributed by atoms with van der Waals surface area (Å²) in [6, 6.07) is 0. The Morgan fingerprint density at radius 1 is 0.324 bits per heavy atom. The summed E-state index contributed by atoms with van der Waals surface area (Å²) in [6.07, 6.45) is 94.4. The van der Waals surface area contributed by atoms with Crippen molar-refractivity contribution in [2.75, 3.05) is 13.2 Å². The number of rotatable bonds is 55. The predicted octanol–water partition coefficient (Wildman–Crippen LogP) is 21.2. The summed E-state index contributed by atoms with van der Waals surface area (Å²) >= 11 is 0. The number of carbonyl (C=O) groups is 2. The fourth-order valence-corrected chi connectivity index (χ4v) is 8.38. The summed E-state index contributed by atoms with van der Waals surface area (Å²) < 4.78 is 10.7. The summed E-state index contributed by atoms with van der Waals surface area (Å²) in [6.45, 7) is 4.02. The van der Waals surface area contributed by atoms with Gasteiger partial charge in [0.25, 0.3) is 0 Å². The largest absolute Gasteiger partial charge is 0.462 e. The minimum atomic E-state index is -0.798. The highest BCUT2D eigenvalue weighted by atomic mass is 16.6. The van der Waals surface area contributed by atoms with Crippen LogP contribution in [-0.4, -0.2) is 36.4 Å². The molecule has 0 aromatic rings. The summed E-state index contributed by atoms with van der Waals surface area (Å²) in [4.78, 5) is 24.6. The molecule has 5 nitrogen and oxygen atoms in total. The van der Waals surface area contributed by atoms with Crippen molar-refractivity contribution in [2.24, 2.45) is 0 Å². The number of esters is 2. The summed E-state index contributed by atoms with van der Waals surface area (Å²) in [5.41, 5.74) is 0. The van der Waals surface area contributed by atoms with E-state index in [0.717, 1.165) is 116 Å². The number of allylic oxidation sites excluding steroid dienone is 22. The van der Waals surface area contributed by atoms with Crippen molar-refractivity contribution >= 4 is 11.9 Å². The molecule has 0 aliphatic carbocycles. The van der Waals surface area contributed by atoms with Gasteiger partial charge in [-0.05, 0) is 96.3 Å². The normalized spacial score (nSPS) is 13.2. The van der Waals surface area contributed by atoms with Crippen LogP contribution in [0.3, 0.4) is 0 Å². The van der Waals surface area contributed by atoms with Gasteiger partial charge in [0.1, 0.15) is 6.61 Å². The Hall–Kier alpha value is -3.96. The van der Waals surface area contributed by atoms with Crippen LogP contribution in [0.5, 0.6) is 0 Å². The SMILES string of the molecule is CC/C=C\C/C=C\C/C=C\C/C=C\C/C=C\C/C=C\C/C=C\C/C=C\C/C=C\C/C=C\C/C=C\CCCCCC(=O)OC(CO)COC(=O)CCCCCCCCCCCCCCCCCCCCCCCCC. The van der Waals surface area contributed by atoms with Crippen molar-refractivity contribution in [3.05, 3.63) is 134 Å². The maximum atomic E-state index is 12.3. The molecule has 0 radical (unpaired) electrons. The maximum Gasteiger partial charge on any atom is 0.306 e. The van der Waals surface area contributed by atoms with E-state index in [-0.39, 0.29) is 25.2 Å². The van der Waals surface area contributed by atoms with E-state index >= 15 is 0 Å². The Bertz CT molecular complexity index is 1530. The van der Waals surface area contributed by atoms with Crippen molar-refractivity contribution in [3.8, 4) is 0 Å². The maximum absolute atomic E-state index is 12.3. The minimum Gasteiger partial charge on any atom is -0.462 e. The van der Waals surface area contributed by atoms with Gasteiger partial charge >= 0.3 is 11.9 Å². The highest BCUT2D eigenvalue weighted by Gasteiger charge is 2.16. The van der Waals surface area contributed by atoms with Gasteiger partial charge < -0.3 is 14.6 Å². The number of unbranched alkanes of at least 4 members (excludes halogenated alkanes) is 25. The zero-order chi connectivity index (χ0) is 53.4. The third-order valence-electron chi connectivity index (χ3n) is 13.0. The Balaban J connectivity index is 3.63. The summed E-state index contributed by atoms with van der Waals surface area (Å²) in [7, 11) is 0. The molecule has 0 saturated heterocycles. The first-order valence-corrected chi connectivity index (χ1v) is 30.7. The van der Waals surface area contributed by atoms with Crippen LogP contribution in [0.2, 0.25) is 0 Å².